The second kappa shape index (κ2) is 11.1. The highest BCUT2D eigenvalue weighted by Crippen LogP contribution is 2.17. The smallest absolute Gasteiger partial charge is 0.273 e. The van der Waals surface area contributed by atoms with Gasteiger partial charge in [0.2, 0.25) is 0 Å². The van der Waals surface area contributed by atoms with Crippen LogP contribution in [0.5, 0.6) is 5.75 Å². The lowest BCUT2D eigenvalue weighted by Gasteiger charge is -2.32. The first kappa shape index (κ1) is 23.0. The van der Waals surface area contributed by atoms with Gasteiger partial charge in [0.15, 0.2) is 5.69 Å². The molecule has 4 rings (SSSR count). The fourth-order valence-electron chi connectivity index (χ4n) is 4.36. The molecule has 1 fully saturated rings. The van der Waals surface area contributed by atoms with Crippen LogP contribution in [0.1, 0.15) is 53.5 Å². The number of hydrogen-bond donors (Lipinski definition) is 1. The Labute approximate surface area is 195 Å². The third-order valence-corrected chi connectivity index (χ3v) is 6.20. The summed E-state index contributed by atoms with van der Waals surface area (Å²) in [5.74, 6) is 0.710. The van der Waals surface area contributed by atoms with Gasteiger partial charge in [0, 0.05) is 25.7 Å². The molecule has 1 N–H and O–H groups in total. The number of benzene rings is 2. The standard InChI is InChI=1S/C26H33N5O2/c1-3-7-24-25(28-29-31(24)19-21-10-12-23(33-2)13-11-21)26(32)27-22-14-16-30(17-15-22)18-20-8-5-4-6-9-20/h4-6,8-13,22H,3,7,14-19H2,1-2H3,(H,27,32). The molecule has 1 aromatic heterocycles. The molecule has 2 aromatic carbocycles. The van der Waals surface area contributed by atoms with Gasteiger partial charge in [-0.3, -0.25) is 9.69 Å². The Morgan fingerprint density at radius 1 is 1.03 bits per heavy atom. The first-order valence-electron chi connectivity index (χ1n) is 11.8. The molecular weight excluding hydrogens is 414 g/mol. The van der Waals surface area contributed by atoms with Crippen LogP contribution >= 0.6 is 0 Å². The molecule has 0 radical (unpaired) electrons. The Kier molecular flexibility index (Phi) is 7.73. The third kappa shape index (κ3) is 5.99. The van der Waals surface area contributed by atoms with E-state index in [2.05, 4.69) is 51.7 Å². The van der Waals surface area contributed by atoms with Crippen LogP contribution in [0.15, 0.2) is 54.6 Å². The SMILES string of the molecule is CCCc1c(C(=O)NC2CCN(Cc3ccccc3)CC2)nnn1Cc1ccc(OC)cc1. The van der Waals surface area contributed by atoms with Gasteiger partial charge in [0.25, 0.3) is 5.91 Å². The van der Waals surface area contributed by atoms with Gasteiger partial charge in [-0.1, -0.05) is 61.0 Å². The van der Waals surface area contributed by atoms with Crippen molar-refractivity contribution in [1.29, 1.82) is 0 Å². The Morgan fingerprint density at radius 3 is 2.39 bits per heavy atom. The van der Waals surface area contributed by atoms with Gasteiger partial charge in [0.1, 0.15) is 5.75 Å². The second-order valence-corrected chi connectivity index (χ2v) is 8.65. The Morgan fingerprint density at radius 2 is 1.73 bits per heavy atom. The molecule has 0 saturated carbocycles. The number of amides is 1. The quantitative estimate of drug-likeness (QED) is 0.542. The topological polar surface area (TPSA) is 72.3 Å². The highest BCUT2D eigenvalue weighted by Gasteiger charge is 2.25. The summed E-state index contributed by atoms with van der Waals surface area (Å²) in [7, 11) is 1.66. The number of nitrogens with one attached hydrogen (secondary N) is 1. The highest BCUT2D eigenvalue weighted by atomic mass is 16.5. The number of likely N-dealkylation sites (tertiary alicyclic amines) is 1. The van der Waals surface area contributed by atoms with E-state index in [1.165, 1.54) is 5.56 Å². The number of nitrogens with zero attached hydrogens (tertiary/aromatic N) is 4. The maximum atomic E-state index is 13.1. The van der Waals surface area contributed by atoms with Gasteiger partial charge in [0.05, 0.1) is 19.3 Å². The zero-order chi connectivity index (χ0) is 23.0. The summed E-state index contributed by atoms with van der Waals surface area (Å²) in [5, 5.41) is 11.8. The van der Waals surface area contributed by atoms with Crippen LogP contribution in [-0.2, 0) is 19.5 Å². The van der Waals surface area contributed by atoms with E-state index in [1.54, 1.807) is 7.11 Å². The molecule has 1 amide bonds. The summed E-state index contributed by atoms with van der Waals surface area (Å²) in [4.78, 5) is 15.5. The van der Waals surface area contributed by atoms with E-state index in [9.17, 15) is 4.79 Å². The minimum atomic E-state index is -0.110. The third-order valence-electron chi connectivity index (χ3n) is 6.20. The molecule has 7 nitrogen and oxygen atoms in total. The van der Waals surface area contributed by atoms with Gasteiger partial charge in [-0.05, 0) is 42.5 Å². The first-order chi connectivity index (χ1) is 16.2. The molecule has 0 bridgehead atoms. The number of ether oxygens (including phenoxy) is 1. The van der Waals surface area contributed by atoms with Gasteiger partial charge in [-0.2, -0.15) is 0 Å². The molecule has 1 saturated heterocycles. The van der Waals surface area contributed by atoms with E-state index in [4.69, 9.17) is 4.74 Å². The van der Waals surface area contributed by atoms with Gasteiger partial charge in [-0.25, -0.2) is 4.68 Å². The number of aromatic nitrogens is 3. The summed E-state index contributed by atoms with van der Waals surface area (Å²) < 4.78 is 7.08. The monoisotopic (exact) mass is 447 g/mol. The highest BCUT2D eigenvalue weighted by molar-refractivity contribution is 5.93. The van der Waals surface area contributed by atoms with Crippen molar-refractivity contribution in [2.75, 3.05) is 20.2 Å². The second-order valence-electron chi connectivity index (χ2n) is 8.65. The number of methoxy groups -OCH3 is 1. The van der Waals surface area contributed by atoms with E-state index in [-0.39, 0.29) is 11.9 Å². The number of carbonyl (C=O) groups excluding carboxylic acids is 1. The predicted octanol–water partition coefficient (Wildman–Crippen LogP) is 3.68. The summed E-state index contributed by atoms with van der Waals surface area (Å²) >= 11 is 0. The number of carbonyl (C=O) groups is 1. The van der Waals surface area contributed by atoms with E-state index < -0.39 is 0 Å². The molecule has 2 heterocycles. The first-order valence-corrected chi connectivity index (χ1v) is 11.8. The van der Waals surface area contributed by atoms with Crippen LogP contribution in [0.4, 0.5) is 0 Å². The summed E-state index contributed by atoms with van der Waals surface area (Å²) in [6.07, 6.45) is 3.58. The average Bonchev–Trinajstić information content (AvgIpc) is 3.24. The van der Waals surface area contributed by atoms with Crippen LogP contribution in [0, 0.1) is 0 Å². The Bertz CT molecular complexity index is 1020. The van der Waals surface area contributed by atoms with Crippen molar-refractivity contribution in [3.63, 3.8) is 0 Å². The lowest BCUT2D eigenvalue weighted by molar-refractivity contribution is 0.0902. The van der Waals surface area contributed by atoms with E-state index in [1.807, 2.05) is 35.0 Å². The molecule has 0 spiro atoms. The summed E-state index contributed by atoms with van der Waals surface area (Å²) in [5.41, 5.74) is 3.78. The molecule has 1 aliphatic rings. The normalized spacial score (nSPS) is 14.8. The fraction of sp³-hybridized carbons (Fsp3) is 0.423. The maximum Gasteiger partial charge on any atom is 0.273 e. The van der Waals surface area contributed by atoms with Crippen molar-refractivity contribution in [1.82, 2.24) is 25.2 Å². The fourth-order valence-corrected chi connectivity index (χ4v) is 4.36. The average molecular weight is 448 g/mol. The van der Waals surface area contributed by atoms with Gasteiger partial charge in [-0.15, -0.1) is 5.10 Å². The van der Waals surface area contributed by atoms with Crippen molar-refractivity contribution in [2.24, 2.45) is 0 Å². The van der Waals surface area contributed by atoms with E-state index in [0.717, 1.165) is 62.3 Å². The predicted molar refractivity (Wildman–Crippen MR) is 128 cm³/mol. The largest absolute Gasteiger partial charge is 0.497 e. The number of hydrogen-bond acceptors (Lipinski definition) is 5. The van der Waals surface area contributed by atoms with Crippen LogP contribution in [-0.4, -0.2) is 52.0 Å². The minimum absolute atomic E-state index is 0.110. The molecule has 33 heavy (non-hydrogen) atoms. The van der Waals surface area contributed by atoms with Crippen LogP contribution in [0.25, 0.3) is 0 Å². The number of piperidine rings is 1. The lowest BCUT2D eigenvalue weighted by atomic mass is 10.0. The molecule has 0 aliphatic carbocycles. The molecular formula is C26H33N5O2. The minimum Gasteiger partial charge on any atom is -0.497 e. The van der Waals surface area contributed by atoms with Crippen molar-refractivity contribution in [3.8, 4) is 5.75 Å². The molecule has 0 unspecified atom stereocenters. The summed E-state index contributed by atoms with van der Waals surface area (Å²) in [6.45, 7) is 5.60. The Hall–Kier alpha value is -3.19. The molecule has 174 valence electrons. The van der Waals surface area contributed by atoms with E-state index >= 15 is 0 Å². The van der Waals surface area contributed by atoms with Crippen LogP contribution in [0.2, 0.25) is 0 Å². The van der Waals surface area contributed by atoms with E-state index in [0.29, 0.717) is 12.2 Å². The van der Waals surface area contributed by atoms with Gasteiger partial charge < -0.3 is 10.1 Å². The summed E-state index contributed by atoms with van der Waals surface area (Å²) in [6, 6.07) is 18.6. The molecule has 1 aliphatic heterocycles. The van der Waals surface area contributed by atoms with Crippen LogP contribution < -0.4 is 10.1 Å². The molecule has 0 atom stereocenters. The molecule has 7 heteroatoms. The van der Waals surface area contributed by atoms with Crippen LogP contribution in [0.3, 0.4) is 0 Å². The lowest BCUT2D eigenvalue weighted by Crippen LogP contribution is -2.44. The zero-order valence-corrected chi connectivity index (χ0v) is 19.5. The number of rotatable bonds is 9. The van der Waals surface area contributed by atoms with Gasteiger partial charge >= 0.3 is 0 Å². The van der Waals surface area contributed by atoms with Crippen molar-refractivity contribution in [2.45, 2.75) is 51.7 Å². The molecule has 3 aromatic rings. The van der Waals surface area contributed by atoms with Crippen molar-refractivity contribution >= 4 is 5.91 Å². The maximum absolute atomic E-state index is 13.1. The zero-order valence-electron chi connectivity index (χ0n) is 19.5. The van der Waals surface area contributed by atoms with Crippen molar-refractivity contribution < 1.29 is 9.53 Å². The van der Waals surface area contributed by atoms with Crippen molar-refractivity contribution in [3.05, 3.63) is 77.1 Å². The Balaban J connectivity index is 1.35.